The number of ether oxygens (including phenoxy) is 2. The number of quaternary nitrogens is 1. The maximum absolute atomic E-state index is 12.6. The number of hydrogen-bond donors (Lipinski definition) is 1. The summed E-state index contributed by atoms with van der Waals surface area (Å²) in [5, 5.41) is 0. The van der Waals surface area contributed by atoms with E-state index in [0.29, 0.717) is 24.1 Å². The first-order chi connectivity index (χ1) is 25.1. The second-order valence-corrected chi connectivity index (χ2v) is 16.8. The van der Waals surface area contributed by atoms with Crippen LogP contribution in [0.5, 0.6) is 0 Å². The molecule has 0 aromatic rings. The maximum Gasteiger partial charge on any atom is 0.472 e. The van der Waals surface area contributed by atoms with Crippen LogP contribution in [0.25, 0.3) is 0 Å². The van der Waals surface area contributed by atoms with Gasteiger partial charge in [-0.05, 0) is 64.2 Å². The Kier molecular flexibility index (Phi) is 35.8. The molecule has 0 aliphatic heterocycles. The minimum absolute atomic E-state index is 0.0854. The molecule has 0 saturated carbocycles. The van der Waals surface area contributed by atoms with Crippen LogP contribution in [0.3, 0.4) is 0 Å². The number of carbonyl (C=O) groups excluding carboxylic acids is 1. The Morgan fingerprint density at radius 3 is 1.63 bits per heavy atom. The number of rotatable bonds is 39. The smallest absolute Gasteiger partial charge is 0.457 e. The van der Waals surface area contributed by atoms with Crippen molar-refractivity contribution in [2.45, 2.75) is 180 Å². The van der Waals surface area contributed by atoms with Crippen LogP contribution in [0.15, 0.2) is 36.5 Å². The number of likely N-dealkylation sites (N-methyl/N-ethyl adjacent to an activating group) is 1. The summed E-state index contributed by atoms with van der Waals surface area (Å²) in [5.74, 6) is -0.327. The van der Waals surface area contributed by atoms with Crippen molar-refractivity contribution in [3.05, 3.63) is 36.5 Å². The fourth-order valence-corrected chi connectivity index (χ4v) is 6.30. The predicted octanol–water partition coefficient (Wildman–Crippen LogP) is 12.2. The van der Waals surface area contributed by atoms with Crippen molar-refractivity contribution in [2.75, 3.05) is 54.1 Å². The normalized spacial score (nSPS) is 14.2. The van der Waals surface area contributed by atoms with Gasteiger partial charge in [-0.3, -0.25) is 13.8 Å². The molecular formula is C43H83NO7P+. The summed E-state index contributed by atoms with van der Waals surface area (Å²) in [6.45, 7) is 5.54. The Labute approximate surface area is 321 Å². The van der Waals surface area contributed by atoms with Crippen LogP contribution in [0.4, 0.5) is 0 Å². The van der Waals surface area contributed by atoms with E-state index in [-0.39, 0.29) is 25.8 Å². The molecule has 0 aromatic heterocycles. The number of hydrogen-bond acceptors (Lipinski definition) is 6. The third kappa shape index (κ3) is 39.9. The van der Waals surface area contributed by atoms with Crippen molar-refractivity contribution in [2.24, 2.45) is 0 Å². The molecule has 0 saturated heterocycles. The molecule has 306 valence electrons. The molecule has 8 nitrogen and oxygen atoms in total. The molecule has 0 spiro atoms. The van der Waals surface area contributed by atoms with Crippen molar-refractivity contribution in [3.8, 4) is 0 Å². The Morgan fingerprint density at radius 2 is 1.08 bits per heavy atom. The maximum atomic E-state index is 12.6. The number of phosphoric ester groups is 1. The first-order valence-corrected chi connectivity index (χ1v) is 22.7. The van der Waals surface area contributed by atoms with Gasteiger partial charge in [0, 0.05) is 13.0 Å². The molecule has 2 atom stereocenters. The van der Waals surface area contributed by atoms with E-state index in [0.717, 1.165) is 51.4 Å². The molecule has 0 fully saturated rings. The third-order valence-corrected chi connectivity index (χ3v) is 9.91. The molecule has 52 heavy (non-hydrogen) atoms. The number of esters is 1. The summed E-state index contributed by atoms with van der Waals surface area (Å²) >= 11 is 0. The number of carbonyl (C=O) groups is 1. The van der Waals surface area contributed by atoms with Gasteiger partial charge in [0.25, 0.3) is 0 Å². The lowest BCUT2D eigenvalue weighted by Gasteiger charge is -2.24. The van der Waals surface area contributed by atoms with Gasteiger partial charge in [-0.1, -0.05) is 140 Å². The highest BCUT2D eigenvalue weighted by Crippen LogP contribution is 2.43. The molecule has 2 unspecified atom stereocenters. The van der Waals surface area contributed by atoms with Crippen LogP contribution in [0, 0.1) is 0 Å². The second-order valence-electron chi connectivity index (χ2n) is 15.4. The van der Waals surface area contributed by atoms with Crippen molar-refractivity contribution in [3.63, 3.8) is 0 Å². The van der Waals surface area contributed by atoms with E-state index in [1.54, 1.807) is 0 Å². The minimum Gasteiger partial charge on any atom is -0.457 e. The van der Waals surface area contributed by atoms with Gasteiger partial charge in [0.2, 0.25) is 0 Å². The number of unbranched alkanes of at least 4 members (excludes halogenated alkanes) is 19. The quantitative estimate of drug-likeness (QED) is 0.0219. The molecule has 0 heterocycles. The topological polar surface area (TPSA) is 91.3 Å². The molecular weight excluding hydrogens is 673 g/mol. The summed E-state index contributed by atoms with van der Waals surface area (Å²) in [5.41, 5.74) is 0. The van der Waals surface area contributed by atoms with E-state index in [2.05, 4.69) is 50.3 Å². The van der Waals surface area contributed by atoms with E-state index in [1.807, 2.05) is 21.1 Å². The Balaban J connectivity index is 4.22. The first kappa shape index (κ1) is 50.7. The summed E-state index contributed by atoms with van der Waals surface area (Å²) in [4.78, 5) is 22.8. The lowest BCUT2D eigenvalue weighted by Crippen LogP contribution is -2.37. The van der Waals surface area contributed by atoms with Gasteiger partial charge < -0.3 is 18.9 Å². The summed E-state index contributed by atoms with van der Waals surface area (Å²) in [6.07, 6.45) is 41.7. The molecule has 0 amide bonds. The highest BCUT2D eigenvalue weighted by molar-refractivity contribution is 7.47. The van der Waals surface area contributed by atoms with Gasteiger partial charge in [-0.15, -0.1) is 0 Å². The van der Waals surface area contributed by atoms with Crippen LogP contribution in [-0.2, 0) is 27.9 Å². The van der Waals surface area contributed by atoms with Crippen LogP contribution in [0.2, 0.25) is 0 Å². The fourth-order valence-electron chi connectivity index (χ4n) is 5.56. The number of nitrogens with zero attached hydrogens (tertiary/aromatic N) is 1. The Bertz CT molecular complexity index is 931. The Hall–Kier alpha value is -1.28. The third-order valence-electron chi connectivity index (χ3n) is 8.92. The predicted molar refractivity (Wildman–Crippen MR) is 220 cm³/mol. The van der Waals surface area contributed by atoms with E-state index in [1.165, 1.54) is 103 Å². The van der Waals surface area contributed by atoms with Gasteiger partial charge in [0.15, 0.2) is 0 Å². The fraction of sp³-hybridized carbons (Fsp3) is 0.837. The van der Waals surface area contributed by atoms with Crippen molar-refractivity contribution in [1.29, 1.82) is 0 Å². The van der Waals surface area contributed by atoms with Crippen molar-refractivity contribution < 1.29 is 37.3 Å². The van der Waals surface area contributed by atoms with Gasteiger partial charge in [0.1, 0.15) is 19.3 Å². The highest BCUT2D eigenvalue weighted by atomic mass is 31.2. The molecule has 0 rings (SSSR count). The number of allylic oxidation sites excluding steroid dienone is 6. The van der Waals surface area contributed by atoms with Crippen LogP contribution in [0.1, 0.15) is 174 Å². The zero-order valence-electron chi connectivity index (χ0n) is 34.5. The summed E-state index contributed by atoms with van der Waals surface area (Å²) < 4.78 is 34.9. The SMILES string of the molecule is CCCC/C=C\CCCCCCCC(=O)OC(COCCCCCCCCCC/C=C\C/C=C\CCCCCC)COP(=O)(O)OCC[N+](C)(C)C. The largest absolute Gasteiger partial charge is 0.472 e. The van der Waals surface area contributed by atoms with Crippen LogP contribution >= 0.6 is 7.82 Å². The summed E-state index contributed by atoms with van der Waals surface area (Å²) in [7, 11) is 1.66. The monoisotopic (exact) mass is 757 g/mol. The van der Waals surface area contributed by atoms with E-state index in [4.69, 9.17) is 18.5 Å². The molecule has 0 bridgehead atoms. The molecule has 1 N–H and O–H groups in total. The van der Waals surface area contributed by atoms with E-state index in [9.17, 15) is 14.3 Å². The van der Waals surface area contributed by atoms with E-state index >= 15 is 0 Å². The van der Waals surface area contributed by atoms with Gasteiger partial charge in [-0.2, -0.15) is 0 Å². The minimum atomic E-state index is -4.27. The second kappa shape index (κ2) is 36.7. The van der Waals surface area contributed by atoms with Crippen LogP contribution in [-0.4, -0.2) is 75.6 Å². The van der Waals surface area contributed by atoms with Gasteiger partial charge >= 0.3 is 13.8 Å². The number of phosphoric acid groups is 1. The molecule has 0 aliphatic rings. The van der Waals surface area contributed by atoms with Crippen molar-refractivity contribution in [1.82, 2.24) is 0 Å². The molecule has 0 radical (unpaired) electrons. The van der Waals surface area contributed by atoms with Gasteiger partial charge in [-0.25, -0.2) is 4.57 Å². The lowest BCUT2D eigenvalue weighted by atomic mass is 10.1. The van der Waals surface area contributed by atoms with Gasteiger partial charge in [0.05, 0.1) is 34.4 Å². The molecule has 0 aromatic carbocycles. The standard InChI is InChI=1S/C43H82NO7P/c1-6-8-10-12-14-16-18-19-20-21-22-23-24-25-27-29-31-33-35-38-48-40-42(41-50-52(46,47)49-39-37-44(3,4)5)51-43(45)36-34-32-30-28-26-17-15-13-11-9-7-2/h13,15-16,18,20-21,42H,6-12,14,17,19,22-41H2,1-5H3/p+1/b15-13-,18-16-,21-20-. The average Bonchev–Trinajstić information content (AvgIpc) is 3.09. The highest BCUT2D eigenvalue weighted by Gasteiger charge is 2.26. The first-order valence-electron chi connectivity index (χ1n) is 21.2. The lowest BCUT2D eigenvalue weighted by molar-refractivity contribution is -0.870. The van der Waals surface area contributed by atoms with E-state index < -0.39 is 13.9 Å². The van der Waals surface area contributed by atoms with Crippen molar-refractivity contribution >= 4 is 13.8 Å². The molecule has 9 heteroatoms. The Morgan fingerprint density at radius 1 is 0.596 bits per heavy atom. The van der Waals surface area contributed by atoms with Crippen LogP contribution < -0.4 is 0 Å². The average molecular weight is 757 g/mol. The summed E-state index contributed by atoms with van der Waals surface area (Å²) in [6, 6.07) is 0. The zero-order chi connectivity index (χ0) is 38.4. The zero-order valence-corrected chi connectivity index (χ0v) is 35.4. The molecule has 0 aliphatic carbocycles.